The van der Waals surface area contributed by atoms with E-state index in [9.17, 15) is 4.79 Å². The minimum Gasteiger partial charge on any atom is -0.395 e. The van der Waals surface area contributed by atoms with Crippen molar-refractivity contribution in [2.24, 2.45) is 0 Å². The summed E-state index contributed by atoms with van der Waals surface area (Å²) in [6, 6.07) is 0.670. The third-order valence-corrected chi connectivity index (χ3v) is 4.07. The molecule has 0 radical (unpaired) electrons. The van der Waals surface area contributed by atoms with Gasteiger partial charge in [0.2, 0.25) is 0 Å². The second-order valence-electron chi connectivity index (χ2n) is 5.13. The van der Waals surface area contributed by atoms with E-state index in [4.69, 9.17) is 5.11 Å². The van der Waals surface area contributed by atoms with Crippen LogP contribution in [-0.4, -0.2) is 41.0 Å². The summed E-state index contributed by atoms with van der Waals surface area (Å²) in [6.07, 6.45) is 8.99. The highest BCUT2D eigenvalue weighted by Crippen LogP contribution is 2.29. The van der Waals surface area contributed by atoms with Gasteiger partial charge in [0.1, 0.15) is 5.78 Å². The Morgan fingerprint density at radius 2 is 1.81 bits per heavy atom. The number of carbonyl (C=O) groups is 1. The Bertz CT molecular complexity index is 236. The lowest BCUT2D eigenvalue weighted by Gasteiger charge is -2.37. The number of hydrogen-bond donors (Lipinski definition) is 1. The van der Waals surface area contributed by atoms with Crippen molar-refractivity contribution in [1.82, 2.24) is 4.90 Å². The van der Waals surface area contributed by atoms with E-state index in [1.807, 2.05) is 0 Å². The number of rotatable bonds is 4. The number of hydrogen-bond acceptors (Lipinski definition) is 3. The number of Topliss-reactive ketones (excluding diaryl/α,β-unsaturated/α-hetero) is 1. The lowest BCUT2D eigenvalue weighted by atomic mass is 9.91. The molecule has 0 bridgehead atoms. The lowest BCUT2D eigenvalue weighted by molar-refractivity contribution is -0.127. The van der Waals surface area contributed by atoms with Crippen molar-refractivity contribution in [1.29, 1.82) is 0 Å². The Kier molecular flexibility index (Phi) is 4.36. The first kappa shape index (κ1) is 12.1. The molecule has 1 atom stereocenters. The Morgan fingerprint density at radius 3 is 2.44 bits per heavy atom. The lowest BCUT2D eigenvalue weighted by Crippen LogP contribution is -2.48. The minimum atomic E-state index is 0.115. The smallest absolute Gasteiger partial charge is 0.149 e. The summed E-state index contributed by atoms with van der Waals surface area (Å²) in [4.78, 5) is 14.2. The monoisotopic (exact) mass is 225 g/mol. The number of carbonyl (C=O) groups excluding carboxylic acids is 1. The van der Waals surface area contributed by atoms with Gasteiger partial charge in [-0.15, -0.1) is 0 Å². The van der Waals surface area contributed by atoms with E-state index >= 15 is 0 Å². The zero-order valence-electron chi connectivity index (χ0n) is 10.0. The van der Waals surface area contributed by atoms with Crippen molar-refractivity contribution in [3.8, 4) is 0 Å². The van der Waals surface area contributed by atoms with Crippen molar-refractivity contribution >= 4 is 5.78 Å². The summed E-state index contributed by atoms with van der Waals surface area (Å²) in [6.45, 7) is 0.862. The van der Waals surface area contributed by atoms with Crippen LogP contribution in [0.5, 0.6) is 0 Å². The molecular formula is C13H23NO2. The maximum Gasteiger partial charge on any atom is 0.149 e. The summed E-state index contributed by atoms with van der Waals surface area (Å²) < 4.78 is 0. The van der Waals surface area contributed by atoms with Crippen LogP contribution in [0.4, 0.5) is 0 Å². The Balaban J connectivity index is 2.01. The Hall–Kier alpha value is -0.410. The fraction of sp³-hybridized carbons (Fsp3) is 0.923. The maximum absolute atomic E-state index is 11.9. The first-order valence-electron chi connectivity index (χ1n) is 6.72. The van der Waals surface area contributed by atoms with Crippen LogP contribution >= 0.6 is 0 Å². The summed E-state index contributed by atoms with van der Waals surface area (Å²) in [5.41, 5.74) is 0. The van der Waals surface area contributed by atoms with Crippen LogP contribution in [0, 0.1) is 0 Å². The molecule has 1 unspecified atom stereocenters. The second kappa shape index (κ2) is 5.78. The summed E-state index contributed by atoms with van der Waals surface area (Å²) in [5.74, 6) is 0.409. The van der Waals surface area contributed by atoms with Crippen molar-refractivity contribution in [3.05, 3.63) is 0 Å². The predicted octanol–water partition coefficient (Wildman–Crippen LogP) is 1.73. The standard InChI is InChI=1S/C13H23NO2/c15-10-9-14(11-5-1-2-6-11)12-7-3-4-8-13(12)16/h11-12,15H,1-10H2. The SMILES string of the molecule is O=C1CCCCC1N(CCO)C1CCCC1. The van der Waals surface area contributed by atoms with Gasteiger partial charge in [0.15, 0.2) is 0 Å². The zero-order chi connectivity index (χ0) is 11.4. The molecular weight excluding hydrogens is 202 g/mol. The van der Waals surface area contributed by atoms with Gasteiger partial charge in [-0.1, -0.05) is 19.3 Å². The van der Waals surface area contributed by atoms with Crippen LogP contribution in [-0.2, 0) is 4.79 Å². The molecule has 0 spiro atoms. The number of aliphatic hydroxyl groups is 1. The van der Waals surface area contributed by atoms with Gasteiger partial charge in [0.05, 0.1) is 12.6 Å². The molecule has 0 aromatic carbocycles. The molecule has 0 aromatic rings. The van der Waals surface area contributed by atoms with Gasteiger partial charge in [-0.3, -0.25) is 9.69 Å². The van der Waals surface area contributed by atoms with E-state index in [2.05, 4.69) is 4.90 Å². The van der Waals surface area contributed by atoms with Crippen molar-refractivity contribution in [3.63, 3.8) is 0 Å². The van der Waals surface area contributed by atoms with Gasteiger partial charge in [0.25, 0.3) is 0 Å². The van der Waals surface area contributed by atoms with Gasteiger partial charge < -0.3 is 5.11 Å². The van der Waals surface area contributed by atoms with Gasteiger partial charge in [-0.2, -0.15) is 0 Å². The summed E-state index contributed by atoms with van der Waals surface area (Å²) >= 11 is 0. The molecule has 0 saturated heterocycles. The van der Waals surface area contributed by atoms with Crippen LogP contribution in [0.1, 0.15) is 51.4 Å². The van der Waals surface area contributed by atoms with Gasteiger partial charge in [-0.25, -0.2) is 0 Å². The van der Waals surface area contributed by atoms with E-state index < -0.39 is 0 Å². The predicted molar refractivity (Wildman–Crippen MR) is 63.3 cm³/mol. The van der Waals surface area contributed by atoms with Gasteiger partial charge in [0, 0.05) is 19.0 Å². The van der Waals surface area contributed by atoms with Gasteiger partial charge >= 0.3 is 0 Å². The average Bonchev–Trinajstić information content (AvgIpc) is 2.80. The molecule has 3 nitrogen and oxygen atoms in total. The molecule has 3 heteroatoms. The van der Waals surface area contributed by atoms with E-state index in [0.717, 1.165) is 19.3 Å². The maximum atomic E-state index is 11.9. The zero-order valence-corrected chi connectivity index (χ0v) is 10.0. The molecule has 1 N–H and O–H groups in total. The quantitative estimate of drug-likeness (QED) is 0.792. The normalized spacial score (nSPS) is 27.9. The summed E-state index contributed by atoms with van der Waals surface area (Å²) in [5, 5.41) is 9.16. The molecule has 0 amide bonds. The molecule has 16 heavy (non-hydrogen) atoms. The first-order chi connectivity index (χ1) is 7.83. The largest absolute Gasteiger partial charge is 0.395 e. The summed E-state index contributed by atoms with van der Waals surface area (Å²) in [7, 11) is 0. The number of ketones is 1. The first-order valence-corrected chi connectivity index (χ1v) is 6.72. The molecule has 2 fully saturated rings. The molecule has 2 aliphatic carbocycles. The third-order valence-electron chi connectivity index (χ3n) is 4.07. The van der Waals surface area contributed by atoms with Crippen molar-refractivity contribution in [2.45, 2.75) is 63.5 Å². The molecule has 92 valence electrons. The molecule has 2 saturated carbocycles. The topological polar surface area (TPSA) is 40.5 Å². The highest BCUT2D eigenvalue weighted by atomic mass is 16.3. The second-order valence-corrected chi connectivity index (χ2v) is 5.13. The molecule has 0 aliphatic heterocycles. The Labute approximate surface area is 97.8 Å². The van der Waals surface area contributed by atoms with Gasteiger partial charge in [-0.05, 0) is 25.7 Å². The van der Waals surface area contributed by atoms with E-state index in [1.54, 1.807) is 0 Å². The molecule has 2 rings (SSSR count). The minimum absolute atomic E-state index is 0.115. The van der Waals surface area contributed by atoms with E-state index in [0.29, 0.717) is 18.4 Å². The van der Waals surface area contributed by atoms with E-state index in [1.165, 1.54) is 32.1 Å². The highest BCUT2D eigenvalue weighted by Gasteiger charge is 2.33. The number of aliphatic hydroxyl groups excluding tert-OH is 1. The van der Waals surface area contributed by atoms with Crippen LogP contribution in [0.2, 0.25) is 0 Å². The van der Waals surface area contributed by atoms with Crippen molar-refractivity contribution in [2.75, 3.05) is 13.2 Å². The van der Waals surface area contributed by atoms with Crippen LogP contribution in [0.25, 0.3) is 0 Å². The molecule has 0 heterocycles. The fourth-order valence-electron chi connectivity index (χ4n) is 3.26. The fourth-order valence-corrected chi connectivity index (χ4v) is 3.26. The average molecular weight is 225 g/mol. The highest BCUT2D eigenvalue weighted by molar-refractivity contribution is 5.84. The third kappa shape index (κ3) is 2.64. The van der Waals surface area contributed by atoms with Crippen LogP contribution in [0.15, 0.2) is 0 Å². The molecule has 0 aromatic heterocycles. The van der Waals surface area contributed by atoms with E-state index in [-0.39, 0.29) is 12.6 Å². The van der Waals surface area contributed by atoms with Crippen LogP contribution in [0.3, 0.4) is 0 Å². The van der Waals surface area contributed by atoms with Crippen molar-refractivity contribution < 1.29 is 9.90 Å². The number of nitrogens with zero attached hydrogens (tertiary/aromatic N) is 1. The molecule has 2 aliphatic rings. The Morgan fingerprint density at radius 1 is 1.12 bits per heavy atom. The van der Waals surface area contributed by atoms with Crippen LogP contribution < -0.4 is 0 Å².